The predicted molar refractivity (Wildman–Crippen MR) is 97.0 cm³/mol. The van der Waals surface area contributed by atoms with Crippen LogP contribution >= 0.6 is 8.18 Å². The molecule has 2 unspecified atom stereocenters. The maximum Gasteiger partial charge on any atom is 0.330 e. The van der Waals surface area contributed by atoms with Gasteiger partial charge >= 0.3 is 11.7 Å². The van der Waals surface area contributed by atoms with E-state index < -0.39 is 63.7 Å². The highest BCUT2D eigenvalue weighted by atomic mass is 31.1. The van der Waals surface area contributed by atoms with Gasteiger partial charge in [-0.2, -0.15) is 0 Å². The van der Waals surface area contributed by atoms with E-state index in [-0.39, 0.29) is 6.10 Å². The number of aliphatic hydroxyl groups is 1. The number of rotatable bonds is 12. The van der Waals surface area contributed by atoms with E-state index in [0.717, 1.165) is 16.8 Å². The fraction of sp³-hybridized carbons (Fsp3) is 0.667. The summed E-state index contributed by atoms with van der Waals surface area (Å²) in [4.78, 5) is 36.3. The molecule has 1 rings (SSSR count). The van der Waals surface area contributed by atoms with Crippen molar-refractivity contribution in [1.29, 1.82) is 0 Å². The number of alkyl halides is 1. The number of carbonyl (C=O) groups is 1. The third-order valence-electron chi connectivity index (χ3n) is 3.33. The van der Waals surface area contributed by atoms with Crippen molar-refractivity contribution in [1.82, 2.24) is 14.6 Å². The van der Waals surface area contributed by atoms with E-state index in [4.69, 9.17) is 14.0 Å². The molecule has 1 aromatic rings. The largest absolute Gasteiger partial charge is 0.462 e. The first-order chi connectivity index (χ1) is 13.1. The van der Waals surface area contributed by atoms with Crippen LogP contribution < -0.4 is 16.3 Å². The number of hydrogen-bond acceptors (Lipinski definition) is 8. The van der Waals surface area contributed by atoms with Crippen molar-refractivity contribution in [2.45, 2.75) is 51.9 Å². The highest BCUT2D eigenvalue weighted by molar-refractivity contribution is 7.36. The minimum absolute atomic E-state index is 0.339. The Morgan fingerprint density at radius 2 is 2.07 bits per heavy atom. The van der Waals surface area contributed by atoms with Gasteiger partial charge in [0.25, 0.3) is 13.7 Å². The summed E-state index contributed by atoms with van der Waals surface area (Å²) in [6.07, 6.45) is -2.03. The molecule has 11 nitrogen and oxygen atoms in total. The fourth-order valence-electron chi connectivity index (χ4n) is 1.86. The molecule has 1 aromatic heterocycles. The van der Waals surface area contributed by atoms with Crippen LogP contribution in [0.4, 0.5) is 4.39 Å². The summed E-state index contributed by atoms with van der Waals surface area (Å²) in [6, 6.07) is 0.182. The molecule has 0 bridgehead atoms. The van der Waals surface area contributed by atoms with E-state index >= 15 is 0 Å². The zero-order chi connectivity index (χ0) is 21.3. The first-order valence-electron chi connectivity index (χ1n) is 8.43. The van der Waals surface area contributed by atoms with Gasteiger partial charge in [0, 0.05) is 12.3 Å². The SMILES string of the molecule is CC(C)OC(=O)[C@H](C)N[PH](=O)OCC(OCn1ccc(=O)[nH]c1=O)[C@H](O)CF. The van der Waals surface area contributed by atoms with Crippen molar-refractivity contribution in [3.63, 3.8) is 0 Å². The van der Waals surface area contributed by atoms with Crippen LogP contribution in [-0.4, -0.2) is 58.3 Å². The van der Waals surface area contributed by atoms with Crippen molar-refractivity contribution in [3.8, 4) is 0 Å². The quantitative estimate of drug-likeness (QED) is 0.299. The number of nitrogens with zero attached hydrogens (tertiary/aromatic N) is 1. The maximum absolute atomic E-state index is 12.8. The summed E-state index contributed by atoms with van der Waals surface area (Å²) in [5.74, 6) is -0.619. The lowest BCUT2D eigenvalue weighted by atomic mass is 10.2. The molecular weight excluding hydrogens is 400 g/mol. The van der Waals surface area contributed by atoms with Crippen LogP contribution in [0.15, 0.2) is 21.9 Å². The van der Waals surface area contributed by atoms with Crippen molar-refractivity contribution >= 4 is 14.1 Å². The summed E-state index contributed by atoms with van der Waals surface area (Å²) >= 11 is 0. The lowest BCUT2D eigenvalue weighted by molar-refractivity contribution is -0.149. The predicted octanol–water partition coefficient (Wildman–Crippen LogP) is -0.454. The average Bonchev–Trinajstić information content (AvgIpc) is 2.61. The number of halogens is 1. The van der Waals surface area contributed by atoms with Gasteiger partial charge in [0.15, 0.2) is 0 Å². The summed E-state index contributed by atoms with van der Waals surface area (Å²) in [5.41, 5.74) is -1.35. The van der Waals surface area contributed by atoms with Crippen LogP contribution in [0.5, 0.6) is 0 Å². The van der Waals surface area contributed by atoms with Crippen LogP contribution in [0.2, 0.25) is 0 Å². The van der Waals surface area contributed by atoms with Crippen molar-refractivity contribution in [2.75, 3.05) is 13.3 Å². The summed E-state index contributed by atoms with van der Waals surface area (Å²) in [6.45, 7) is 2.71. The molecule has 0 saturated carbocycles. The number of hydrogen-bond donors (Lipinski definition) is 3. The zero-order valence-corrected chi connectivity index (χ0v) is 16.7. The second-order valence-corrected chi connectivity index (χ2v) is 7.24. The number of aromatic amines is 1. The number of H-pyrrole nitrogens is 1. The number of carbonyl (C=O) groups excluding carboxylic acids is 1. The highest BCUT2D eigenvalue weighted by Gasteiger charge is 2.23. The summed E-state index contributed by atoms with van der Waals surface area (Å²) in [7, 11) is -2.93. The van der Waals surface area contributed by atoms with Gasteiger partial charge in [0.1, 0.15) is 31.7 Å². The number of aliphatic hydroxyl groups excluding tert-OH is 1. The normalized spacial score (nSPS) is 15.8. The smallest absolute Gasteiger partial charge is 0.330 e. The Morgan fingerprint density at radius 3 is 2.64 bits per heavy atom. The zero-order valence-electron chi connectivity index (χ0n) is 15.7. The number of aromatic nitrogens is 2. The first-order valence-corrected chi connectivity index (χ1v) is 9.74. The lowest BCUT2D eigenvalue weighted by Crippen LogP contribution is -2.38. The molecule has 0 aliphatic heterocycles. The van der Waals surface area contributed by atoms with Gasteiger partial charge in [-0.25, -0.2) is 14.3 Å². The second-order valence-electron chi connectivity index (χ2n) is 6.09. The monoisotopic (exact) mass is 425 g/mol. The molecular formula is C15H25FN3O8P. The van der Waals surface area contributed by atoms with E-state index in [9.17, 15) is 28.4 Å². The van der Waals surface area contributed by atoms with Crippen molar-refractivity contribution in [2.24, 2.45) is 0 Å². The van der Waals surface area contributed by atoms with Gasteiger partial charge in [0.2, 0.25) is 0 Å². The standard InChI is InChI=1S/C15H25FN3O8P/c1-9(2)27-14(22)10(3)18-28(24)26-7-12(11(20)6-16)25-8-19-5-4-13(21)17-15(19)23/h4-5,9-12,20,28H,6-8H2,1-3H3,(H,18,24)(H,17,21,23)/t10-,11+,12?/m0/s1. The molecule has 0 fully saturated rings. The Morgan fingerprint density at radius 1 is 1.39 bits per heavy atom. The maximum atomic E-state index is 12.8. The van der Waals surface area contributed by atoms with Crippen LogP contribution in [-0.2, 0) is 30.1 Å². The molecule has 13 heteroatoms. The molecule has 0 amide bonds. The molecule has 0 saturated heterocycles. The second kappa shape index (κ2) is 11.9. The molecule has 0 aliphatic carbocycles. The van der Waals surface area contributed by atoms with Gasteiger partial charge in [-0.3, -0.25) is 23.7 Å². The third kappa shape index (κ3) is 8.44. The molecule has 160 valence electrons. The minimum atomic E-state index is -2.93. The number of nitrogens with one attached hydrogen (secondary N) is 2. The van der Waals surface area contributed by atoms with E-state index in [2.05, 4.69) is 5.09 Å². The van der Waals surface area contributed by atoms with Crippen LogP contribution in [0.25, 0.3) is 0 Å². The van der Waals surface area contributed by atoms with Gasteiger partial charge in [0.05, 0.1) is 12.7 Å². The molecule has 4 atom stereocenters. The number of esters is 1. The Hall–Kier alpha value is -1.85. The molecule has 0 aliphatic rings. The molecule has 28 heavy (non-hydrogen) atoms. The third-order valence-corrected chi connectivity index (χ3v) is 4.43. The summed E-state index contributed by atoms with van der Waals surface area (Å²) < 4.78 is 40.9. The van der Waals surface area contributed by atoms with Crippen molar-refractivity contribution in [3.05, 3.63) is 33.1 Å². The first kappa shape index (κ1) is 24.2. The topological polar surface area (TPSA) is 149 Å². The molecule has 1 heterocycles. The van der Waals surface area contributed by atoms with Crippen LogP contribution in [0, 0.1) is 0 Å². The lowest BCUT2D eigenvalue weighted by Gasteiger charge is -2.22. The molecule has 0 spiro atoms. The number of ether oxygens (including phenoxy) is 2. The minimum Gasteiger partial charge on any atom is -0.462 e. The summed E-state index contributed by atoms with van der Waals surface area (Å²) in [5, 5.41) is 12.1. The Labute approximate surface area is 160 Å². The van der Waals surface area contributed by atoms with E-state index in [1.54, 1.807) is 13.8 Å². The van der Waals surface area contributed by atoms with Gasteiger partial charge in [-0.1, -0.05) is 0 Å². The van der Waals surface area contributed by atoms with Gasteiger partial charge < -0.3 is 19.1 Å². The van der Waals surface area contributed by atoms with Gasteiger partial charge in [-0.15, -0.1) is 0 Å². The molecule has 0 radical (unpaired) electrons. The Balaban J connectivity index is 2.59. The molecule has 3 N–H and O–H groups in total. The fourth-order valence-corrected chi connectivity index (χ4v) is 2.73. The van der Waals surface area contributed by atoms with Crippen LogP contribution in [0.1, 0.15) is 20.8 Å². The van der Waals surface area contributed by atoms with E-state index in [0.29, 0.717) is 0 Å². The Bertz CT molecular complexity index is 768. The van der Waals surface area contributed by atoms with Crippen LogP contribution in [0.3, 0.4) is 0 Å². The average molecular weight is 425 g/mol. The van der Waals surface area contributed by atoms with E-state index in [1.165, 1.54) is 6.92 Å². The van der Waals surface area contributed by atoms with E-state index in [1.807, 2.05) is 4.98 Å². The van der Waals surface area contributed by atoms with Crippen molar-refractivity contribution < 1.29 is 32.9 Å². The Kier molecular flexibility index (Phi) is 10.3. The highest BCUT2D eigenvalue weighted by Crippen LogP contribution is 2.20. The molecule has 0 aromatic carbocycles. The van der Waals surface area contributed by atoms with Gasteiger partial charge in [-0.05, 0) is 20.8 Å².